The molecule has 133 heavy (non-hydrogen) atoms. The molecule has 36 atom stereocenters. The van der Waals surface area contributed by atoms with Gasteiger partial charge in [0.15, 0.2) is 28.2 Å². The SMILES string of the molecule is C=C(Br)C[C@@H](CC[C@@]12C[C@H]3O[C@H]4C(O1)[C@H]1O[C@@H](CC(=O)C[C@H]5C(C[C@H]6O[C@@H](CCCC)C[C@@H](C)C6=C)O[C@H](C[C@H](C)CO[Si](C)(C)C(C)(C)C)[C@@H]5C)CC[C@@H]1O[C@H]4[C@H]3O2)OC(=O)c1ccccc1.C=C(Br)C[C@H](O)CC[C@@]12C[C@H]3O[C@H]4C(O1)[C@H]1O[C@@H](CC(=O)C[C@H]5C(C[C@H]6O[C@@H](CCCO)C[C@@H](C)C6=C)O[C@H](C[C@H](C)CO[Si](C)(C)C(C)(C)C)[C@@H]5C)CC[C@@H]1O[C@H]4[C@H]3O2.C[O-].C[O-].[Mg+2]. The van der Waals surface area contributed by atoms with Crippen LogP contribution in [0.1, 0.15) is 274 Å². The number of unbranched alkanes of at least 4 members (excludes halogenated alkanes) is 1. The van der Waals surface area contributed by atoms with Gasteiger partial charge in [-0.3, -0.25) is 9.59 Å². The van der Waals surface area contributed by atoms with Gasteiger partial charge in [0.05, 0.1) is 97.1 Å². The minimum atomic E-state index is -1.90. The first-order valence-electron chi connectivity index (χ1n) is 50.5. The minimum absolute atomic E-state index is 0. The van der Waals surface area contributed by atoms with Crippen molar-refractivity contribution >= 4 is 89.1 Å². The van der Waals surface area contributed by atoms with E-state index in [-0.39, 0.29) is 215 Å². The molecule has 1 aromatic rings. The standard InChI is InChI=1S/C55H83BrO11Si.C47H77BrO11Si.2CH3O.Mg/c1-12-13-19-39-25-33(3)35(5)45(60-39)29-46-42(36(6)44(63-46)24-32(2)31-59-68(10,11)54(7,8)9)28-38(57)27-40-20-21-43-48(61-40)52-51-50(64-43)49-47(65-51)30-55(66-49,67-52)23-22-41(26-34(4)56)62-53(58)37-17-15-14-16-18-37;1-26(25-52-60(9,10)46(6,7)8)18-37-30(5)35(39(55-37)23-38-29(4)27(2)19-33(53-38)12-11-17-49)22-32(51)21-34-13-14-36-41(54-34)45-44-43(56-36)42-40(57-44)24-47(58-42,59-45)16-15-31(50)20-28(3)48;2*1-2;/h14-18,32-33,36,39-52H,4-5,12-13,19-31H2,1-3,6-11H3;26-27,30-31,33-45,49-50H,3-4,11-25H2,1-2,5-10H3;2*1H3;/q;;2*-1;+2/t32-,33+,36+,39-,40+,41+,42+,43-,44+,45+,46?,47+,48-,49-,50-,51+,52?,55-;26-,27+,30+,31+,33-,34+,35+,36-,37+,38+,39?,40+,41-,42-,43-,44+,45?,47-;;;/m00.../s1. The summed E-state index contributed by atoms with van der Waals surface area (Å²) in [5, 5.41) is 37.0. The summed E-state index contributed by atoms with van der Waals surface area (Å²) in [6.07, 6.45) is 13.2. The van der Waals surface area contributed by atoms with Crippen LogP contribution in [0, 0.1) is 47.3 Å². The smallest absolute Gasteiger partial charge is 0.857 e. The number of aliphatic hydroxyl groups is 2. The number of hydrogen-bond acceptors (Lipinski definition) is 24. The summed E-state index contributed by atoms with van der Waals surface area (Å²) in [6.45, 7) is 57.3. The Balaban J connectivity index is 0.000000247. The van der Waals surface area contributed by atoms with E-state index in [1.165, 1.54) is 0 Å². The predicted octanol–water partition coefficient (Wildman–Crippen LogP) is 17.5. The molecular formula is C104H166Br2MgO24Si2. The number of carbonyl (C=O) groups excluding carboxylic acids is 3. The second kappa shape index (κ2) is 48.4. The van der Waals surface area contributed by atoms with Crippen molar-refractivity contribution in [1.29, 1.82) is 0 Å². The molecular weight excluding hydrogens is 1870 g/mol. The zero-order valence-electron chi connectivity index (χ0n) is 83.9. The van der Waals surface area contributed by atoms with E-state index >= 15 is 0 Å². The quantitative estimate of drug-likeness (QED) is 0.0350. The topological polar surface area (TPSA) is 295 Å². The summed E-state index contributed by atoms with van der Waals surface area (Å²) in [5.41, 5.74) is 2.75. The molecule has 0 saturated carbocycles. The second-order valence-corrected chi connectivity index (χ2v) is 56.7. The summed E-state index contributed by atoms with van der Waals surface area (Å²) >= 11 is 6.88. The molecule has 0 radical (unpaired) electrons. The van der Waals surface area contributed by atoms with Gasteiger partial charge in [0, 0.05) is 96.9 Å². The van der Waals surface area contributed by atoms with Gasteiger partial charge in [-0.2, -0.15) is 14.2 Å². The number of Topliss-reactive ketones (excluding diaryl/α,β-unsaturated/α-hetero) is 2. The van der Waals surface area contributed by atoms with E-state index in [2.05, 4.69) is 174 Å². The number of ether oxygens (including phenoxy) is 15. The Bertz CT molecular complexity index is 3950. The molecule has 0 amide bonds. The molecule has 29 heteroatoms. The number of ketones is 2. The number of fused-ring (bicyclic) bond motifs is 2. The molecule has 16 saturated heterocycles. The van der Waals surface area contributed by atoms with E-state index in [1.807, 2.05) is 18.2 Å². The summed E-state index contributed by atoms with van der Waals surface area (Å²) in [7, 11) is -2.30. The summed E-state index contributed by atoms with van der Waals surface area (Å²) < 4.78 is 116. The molecule has 17 rings (SSSR count). The van der Waals surface area contributed by atoms with E-state index in [9.17, 15) is 24.6 Å². The number of benzene rings is 1. The van der Waals surface area contributed by atoms with Gasteiger partial charge in [-0.1, -0.05) is 179 Å². The first-order valence-corrected chi connectivity index (χ1v) is 57.9. The number of hydrogen-bond donors (Lipinski definition) is 2. The average molecular weight is 2040 g/mol. The van der Waals surface area contributed by atoms with Gasteiger partial charge in [0.2, 0.25) is 0 Å². The predicted molar refractivity (Wildman–Crippen MR) is 521 cm³/mol. The van der Waals surface area contributed by atoms with Crippen molar-refractivity contribution in [3.8, 4) is 0 Å². The molecule has 2 N–H and O–H groups in total. The fourth-order valence-electron chi connectivity index (χ4n) is 23.1. The van der Waals surface area contributed by atoms with Gasteiger partial charge in [0.1, 0.15) is 78.7 Å². The third kappa shape index (κ3) is 27.3. The number of carbonyl (C=O) groups is 3. The summed E-state index contributed by atoms with van der Waals surface area (Å²) in [4.78, 5) is 41.9. The van der Waals surface area contributed by atoms with Crippen LogP contribution >= 0.6 is 31.9 Å². The Morgan fingerprint density at radius 2 is 0.932 bits per heavy atom. The van der Waals surface area contributed by atoms with E-state index in [0.717, 1.165) is 118 Å². The Labute approximate surface area is 831 Å². The number of esters is 1. The molecule has 12 bridgehead atoms. The van der Waals surface area contributed by atoms with Crippen molar-refractivity contribution in [2.24, 2.45) is 47.3 Å². The van der Waals surface area contributed by atoms with Gasteiger partial charge >= 0.3 is 29.0 Å². The van der Waals surface area contributed by atoms with Crippen molar-refractivity contribution < 1.29 is 115 Å². The van der Waals surface area contributed by atoms with E-state index < -0.39 is 52.6 Å². The third-order valence-corrected chi connectivity index (χ3v) is 42.5. The van der Waals surface area contributed by atoms with Crippen LogP contribution in [0.5, 0.6) is 0 Å². The summed E-state index contributed by atoms with van der Waals surface area (Å²) in [6, 6.07) is 9.04. The van der Waals surface area contributed by atoms with E-state index in [0.29, 0.717) is 132 Å². The first-order chi connectivity index (χ1) is 62.5. The van der Waals surface area contributed by atoms with Gasteiger partial charge in [0.25, 0.3) is 0 Å². The maximum Gasteiger partial charge on any atom is 2.00 e. The first kappa shape index (κ1) is 112. The fraction of sp³-hybridized carbons (Fsp3) is 0.837. The van der Waals surface area contributed by atoms with Crippen LogP contribution in [0.4, 0.5) is 0 Å². The van der Waals surface area contributed by atoms with Crippen LogP contribution in [0.15, 0.2) is 76.8 Å². The minimum Gasteiger partial charge on any atom is -0.857 e. The number of halogens is 2. The molecule has 0 spiro atoms. The maximum atomic E-state index is 14.5. The molecule has 0 aliphatic carbocycles. The molecule has 16 heterocycles. The molecule has 1 aromatic carbocycles. The van der Waals surface area contributed by atoms with Gasteiger partial charge < -0.3 is 100 Å². The molecule has 750 valence electrons. The Morgan fingerprint density at radius 3 is 1.35 bits per heavy atom. The van der Waals surface area contributed by atoms with Crippen LogP contribution in [-0.4, -0.2) is 272 Å². The van der Waals surface area contributed by atoms with E-state index in [4.69, 9.17) is 90.1 Å². The van der Waals surface area contributed by atoms with Crippen LogP contribution in [-0.2, 0) is 89.5 Å². The summed E-state index contributed by atoms with van der Waals surface area (Å²) in [5.74, 6) is -0.0207. The molecule has 4 unspecified atom stereocenters. The van der Waals surface area contributed by atoms with Crippen molar-refractivity contribution in [1.82, 2.24) is 0 Å². The molecule has 16 aliphatic heterocycles. The fourth-order valence-corrected chi connectivity index (χ4v) is 26.1. The van der Waals surface area contributed by atoms with Crippen molar-refractivity contribution in [2.75, 3.05) is 34.0 Å². The zero-order chi connectivity index (χ0) is 96.0. The largest absolute Gasteiger partial charge is 2.00 e. The van der Waals surface area contributed by atoms with Crippen LogP contribution in [0.25, 0.3) is 0 Å². The molecule has 16 aliphatic rings. The van der Waals surface area contributed by atoms with Gasteiger partial charge in [-0.25, -0.2) is 4.79 Å². The number of aliphatic hydroxyl groups excluding tert-OH is 2. The van der Waals surface area contributed by atoms with Gasteiger partial charge in [-0.15, -0.1) is 0 Å². The van der Waals surface area contributed by atoms with Crippen LogP contribution < -0.4 is 10.2 Å². The molecule has 24 nitrogen and oxygen atoms in total. The zero-order valence-corrected chi connectivity index (χ0v) is 90.5. The number of rotatable bonds is 40. The van der Waals surface area contributed by atoms with Crippen molar-refractivity contribution in [3.05, 3.63) is 82.3 Å². The Morgan fingerprint density at radius 1 is 0.526 bits per heavy atom. The Hall–Kier alpha value is -1.65. The Kier molecular flexibility index (Phi) is 40.6. The van der Waals surface area contributed by atoms with Crippen LogP contribution in [0.3, 0.4) is 0 Å². The molecule has 16 fully saturated rings. The van der Waals surface area contributed by atoms with Crippen LogP contribution in [0.2, 0.25) is 36.3 Å². The van der Waals surface area contributed by atoms with Crippen molar-refractivity contribution in [3.63, 3.8) is 0 Å². The van der Waals surface area contributed by atoms with Gasteiger partial charge in [-0.05, 0) is 199 Å². The second-order valence-electron chi connectivity index (χ2n) is 44.9. The monoisotopic (exact) mass is 2040 g/mol. The normalized spacial score (nSPS) is 38.8. The average Bonchev–Trinajstić information content (AvgIpc) is 1.55. The van der Waals surface area contributed by atoms with E-state index in [1.54, 1.807) is 12.1 Å². The third-order valence-electron chi connectivity index (χ3n) is 32.8. The molecule has 0 aromatic heterocycles. The van der Waals surface area contributed by atoms with Crippen molar-refractivity contribution in [2.45, 2.75) is 470 Å². The maximum absolute atomic E-state index is 14.5.